The van der Waals surface area contributed by atoms with Crippen molar-refractivity contribution in [3.8, 4) is 5.75 Å². The molecule has 1 aromatic rings. The van der Waals surface area contributed by atoms with Crippen LogP contribution in [0.5, 0.6) is 5.75 Å². The molecule has 3 nitrogen and oxygen atoms in total. The topological polar surface area (TPSA) is 38.5 Å². The van der Waals surface area contributed by atoms with E-state index in [0.717, 1.165) is 5.56 Å². The van der Waals surface area contributed by atoms with Crippen molar-refractivity contribution in [2.45, 2.75) is 12.9 Å². The lowest BCUT2D eigenvalue weighted by Gasteiger charge is -2.16. The molecule has 0 amide bonds. The molecule has 6 heteroatoms. The third-order valence-corrected chi connectivity index (χ3v) is 2.10. The number of halogens is 3. The monoisotopic (exact) mass is 248 g/mol. The second-order valence-electron chi connectivity index (χ2n) is 3.72. The maximum Gasteiger partial charge on any atom is 0.573 e. The van der Waals surface area contributed by atoms with Gasteiger partial charge in [-0.05, 0) is 24.7 Å². The van der Waals surface area contributed by atoms with Gasteiger partial charge in [-0.15, -0.1) is 13.2 Å². The lowest BCUT2D eigenvalue weighted by Crippen LogP contribution is -2.25. The third-order valence-electron chi connectivity index (χ3n) is 2.10. The molecule has 0 aromatic heterocycles. The van der Waals surface area contributed by atoms with Crippen molar-refractivity contribution in [1.29, 1.82) is 0 Å². The first-order chi connectivity index (χ1) is 7.90. The van der Waals surface area contributed by atoms with Gasteiger partial charge in [-0.2, -0.15) is 0 Å². The van der Waals surface area contributed by atoms with Gasteiger partial charge in [0.25, 0.3) is 0 Å². The number of likely N-dealkylation sites (N-methyl/N-ethyl adjacent to an activating group) is 1. The molecule has 0 aliphatic rings. The van der Waals surface area contributed by atoms with E-state index in [1.54, 1.807) is 6.07 Å². The zero-order valence-corrected chi connectivity index (χ0v) is 9.50. The minimum Gasteiger partial charge on any atom is -0.406 e. The van der Waals surface area contributed by atoms with Crippen molar-refractivity contribution in [2.24, 2.45) is 5.73 Å². The largest absolute Gasteiger partial charge is 0.573 e. The van der Waals surface area contributed by atoms with E-state index in [1.165, 1.54) is 18.2 Å². The molecular weight excluding hydrogens is 233 g/mol. The standard InChI is InChI=1S/C11H15F3N2O/c1-16(6-5-15)8-9-3-2-4-10(7-9)17-11(12,13)14/h2-4,7H,5-6,8,15H2,1H3. The van der Waals surface area contributed by atoms with E-state index in [2.05, 4.69) is 4.74 Å². The first-order valence-electron chi connectivity index (χ1n) is 5.14. The lowest BCUT2D eigenvalue weighted by molar-refractivity contribution is -0.274. The van der Waals surface area contributed by atoms with E-state index in [1.807, 2.05) is 11.9 Å². The molecule has 0 radical (unpaired) electrons. The van der Waals surface area contributed by atoms with Gasteiger partial charge in [0.2, 0.25) is 0 Å². The van der Waals surface area contributed by atoms with Gasteiger partial charge in [-0.3, -0.25) is 0 Å². The van der Waals surface area contributed by atoms with Crippen molar-refractivity contribution in [1.82, 2.24) is 4.90 Å². The maximum absolute atomic E-state index is 12.0. The fourth-order valence-corrected chi connectivity index (χ4v) is 1.45. The Morgan fingerprint density at radius 1 is 1.35 bits per heavy atom. The molecule has 0 unspecified atom stereocenters. The van der Waals surface area contributed by atoms with Crippen LogP contribution >= 0.6 is 0 Å². The average molecular weight is 248 g/mol. The molecule has 0 spiro atoms. The summed E-state index contributed by atoms with van der Waals surface area (Å²) in [4.78, 5) is 1.92. The number of benzene rings is 1. The summed E-state index contributed by atoms with van der Waals surface area (Å²) in [5.74, 6) is -0.198. The lowest BCUT2D eigenvalue weighted by atomic mass is 10.2. The summed E-state index contributed by atoms with van der Waals surface area (Å²) >= 11 is 0. The van der Waals surface area contributed by atoms with Crippen LogP contribution < -0.4 is 10.5 Å². The number of hydrogen-bond donors (Lipinski definition) is 1. The molecule has 2 N–H and O–H groups in total. The summed E-state index contributed by atoms with van der Waals surface area (Å²) in [5, 5.41) is 0. The number of nitrogens with two attached hydrogens (primary N) is 1. The number of alkyl halides is 3. The van der Waals surface area contributed by atoms with Gasteiger partial charge in [0, 0.05) is 19.6 Å². The van der Waals surface area contributed by atoms with Crippen molar-refractivity contribution < 1.29 is 17.9 Å². The molecule has 0 atom stereocenters. The van der Waals surface area contributed by atoms with E-state index in [-0.39, 0.29) is 5.75 Å². The number of rotatable bonds is 5. The average Bonchev–Trinajstić information content (AvgIpc) is 2.15. The molecule has 0 saturated carbocycles. The van der Waals surface area contributed by atoms with Crippen LogP contribution in [0.25, 0.3) is 0 Å². The number of hydrogen-bond acceptors (Lipinski definition) is 3. The fourth-order valence-electron chi connectivity index (χ4n) is 1.45. The minimum atomic E-state index is -4.65. The van der Waals surface area contributed by atoms with Crippen LogP contribution in [0.1, 0.15) is 5.56 Å². The highest BCUT2D eigenvalue weighted by atomic mass is 19.4. The van der Waals surface area contributed by atoms with Crippen LogP contribution in [-0.2, 0) is 6.54 Å². The Labute approximate surface area is 98.0 Å². The van der Waals surface area contributed by atoms with E-state index >= 15 is 0 Å². The van der Waals surface area contributed by atoms with Crippen LogP contribution in [0.4, 0.5) is 13.2 Å². The Bertz CT molecular complexity index is 355. The predicted molar refractivity (Wildman–Crippen MR) is 58.5 cm³/mol. The Morgan fingerprint density at radius 2 is 2.06 bits per heavy atom. The zero-order chi connectivity index (χ0) is 12.9. The molecule has 17 heavy (non-hydrogen) atoms. The van der Waals surface area contributed by atoms with Gasteiger partial charge in [0.15, 0.2) is 0 Å². The molecule has 96 valence electrons. The number of nitrogens with zero attached hydrogens (tertiary/aromatic N) is 1. The normalized spacial score (nSPS) is 11.9. The summed E-state index contributed by atoms with van der Waals surface area (Å²) in [6, 6.07) is 5.93. The quantitative estimate of drug-likeness (QED) is 0.865. The zero-order valence-electron chi connectivity index (χ0n) is 9.50. The van der Waals surface area contributed by atoms with Gasteiger partial charge in [0.05, 0.1) is 0 Å². The van der Waals surface area contributed by atoms with Gasteiger partial charge >= 0.3 is 6.36 Å². The second kappa shape index (κ2) is 5.88. The molecule has 0 heterocycles. The van der Waals surface area contributed by atoms with E-state index < -0.39 is 6.36 Å². The molecule has 1 rings (SSSR count). The van der Waals surface area contributed by atoms with Crippen molar-refractivity contribution in [3.05, 3.63) is 29.8 Å². The molecular formula is C11H15F3N2O. The Balaban J connectivity index is 2.66. The summed E-state index contributed by atoms with van der Waals surface area (Å²) in [6.07, 6.45) is -4.65. The highest BCUT2D eigenvalue weighted by Crippen LogP contribution is 2.23. The van der Waals surface area contributed by atoms with Crippen molar-refractivity contribution in [2.75, 3.05) is 20.1 Å². The Kier molecular flexibility index (Phi) is 4.77. The first kappa shape index (κ1) is 13.8. The minimum absolute atomic E-state index is 0.198. The SMILES string of the molecule is CN(CCN)Cc1cccc(OC(F)(F)F)c1. The summed E-state index contributed by atoms with van der Waals surface area (Å²) in [5.41, 5.74) is 6.13. The van der Waals surface area contributed by atoms with Crippen LogP contribution in [0, 0.1) is 0 Å². The smallest absolute Gasteiger partial charge is 0.406 e. The Hall–Kier alpha value is -1.27. The van der Waals surface area contributed by atoms with Gasteiger partial charge in [0.1, 0.15) is 5.75 Å². The van der Waals surface area contributed by atoms with Crippen LogP contribution in [0.2, 0.25) is 0 Å². The molecule has 1 aromatic carbocycles. The first-order valence-corrected chi connectivity index (χ1v) is 5.14. The highest BCUT2D eigenvalue weighted by Gasteiger charge is 2.31. The second-order valence-corrected chi connectivity index (χ2v) is 3.72. The van der Waals surface area contributed by atoms with Crippen molar-refractivity contribution in [3.63, 3.8) is 0 Å². The van der Waals surface area contributed by atoms with Crippen LogP contribution in [-0.4, -0.2) is 31.4 Å². The van der Waals surface area contributed by atoms with E-state index in [4.69, 9.17) is 5.73 Å². The van der Waals surface area contributed by atoms with Gasteiger partial charge in [-0.25, -0.2) is 0 Å². The molecule has 0 aliphatic heterocycles. The molecule has 0 bridgehead atoms. The highest BCUT2D eigenvalue weighted by molar-refractivity contribution is 5.28. The number of ether oxygens (including phenoxy) is 1. The van der Waals surface area contributed by atoms with Gasteiger partial charge < -0.3 is 15.4 Å². The summed E-state index contributed by atoms with van der Waals surface area (Å²) in [6.45, 7) is 1.73. The Morgan fingerprint density at radius 3 is 2.65 bits per heavy atom. The molecule has 0 saturated heterocycles. The molecule has 0 aliphatic carbocycles. The van der Waals surface area contributed by atoms with E-state index in [9.17, 15) is 13.2 Å². The fraction of sp³-hybridized carbons (Fsp3) is 0.455. The predicted octanol–water partition coefficient (Wildman–Crippen LogP) is 1.98. The van der Waals surface area contributed by atoms with E-state index in [0.29, 0.717) is 19.6 Å². The van der Waals surface area contributed by atoms with Crippen LogP contribution in [0.15, 0.2) is 24.3 Å². The summed E-state index contributed by atoms with van der Waals surface area (Å²) < 4.78 is 39.9. The maximum atomic E-state index is 12.0. The van der Waals surface area contributed by atoms with Gasteiger partial charge in [-0.1, -0.05) is 12.1 Å². The third kappa shape index (κ3) is 5.55. The van der Waals surface area contributed by atoms with Crippen molar-refractivity contribution >= 4 is 0 Å². The summed E-state index contributed by atoms with van der Waals surface area (Å²) in [7, 11) is 1.85. The van der Waals surface area contributed by atoms with Crippen LogP contribution in [0.3, 0.4) is 0 Å². The molecule has 0 fully saturated rings.